The Morgan fingerprint density at radius 1 is 0.275 bits per heavy atom. The number of para-hydroxylation sites is 1. The smallest absolute Gasteiger partial charge is 0.248 e. The van der Waals surface area contributed by atoms with Crippen LogP contribution >= 0.6 is 151 Å². The van der Waals surface area contributed by atoms with Crippen molar-refractivity contribution in [1.82, 2.24) is 121 Å². The standard InChI is InChI=1S/C13H17Cl2N5.2C12H15Cl2N5.C11H13Cl2N5.C10H11Cl2N5.C10H12ClN5.C9H10ClN5.C8H8ClN5/c1-8(2)17-13-18-12(19-20-13)16-6-5-9-3-4-10(14)11(15)7-9;1-7(2)16-12-17-11(18-19-12)15-6-8-3-4-9(13)10(14)5-8;1-19(2)12-16-11(17-18-12)15-6-5-8-3-4-9(13)10(14)7-8;1-18(2)11-15-10(16-17-11)14-6-7-3-4-8(12)9(13)5-7;1-17(2)10-14-9(15-16-10)13-6-3-4-7(11)8(12)5-6;11-8-4-2-1-3-7(8)5-6-13-10-14-9(12)15-16-10;10-7-4-2-1-3-6(7)5-12-9-13-8(11)14-15-9;9-5-3-1-2-4-6(5)11-8-12-7(10)13-14-8/h3-4,7-8H,5-6H2,1-2H3,(H3,16,17,18,19,20);3-5,7H,6H2,1-2H3,(H3,15,16,17,18,19);3-4,7H,5-6H2,1-2H3,(H2,15,16,17,18);3-5H,6H2,1-2H3,(H2,14,15,16,17);3-5H,1-2H3,(H2,13,14,15,16);1-4H,5-6H2,(H4,12,13,14,15,16);1-4H,5H2,(H4,11,12,13,14,15);1-4H,(H4,10,11,12,13,14). The number of nitrogens with two attached hydrogens (primary N) is 3. The van der Waals surface area contributed by atoms with Gasteiger partial charge in [-0.15, -0.1) is 40.8 Å². The molecule has 0 spiro atoms. The number of aromatic amines is 8. The summed E-state index contributed by atoms with van der Waals surface area (Å²) in [6.45, 7) is 12.1. The average molecular weight is 2140 g/mol. The van der Waals surface area contributed by atoms with Crippen LogP contribution in [0.15, 0.2) is 164 Å². The second kappa shape index (κ2) is 56.4. The molecule has 24 N–H and O–H groups in total. The quantitative estimate of drug-likeness (QED) is 0.0186. The van der Waals surface area contributed by atoms with Gasteiger partial charge in [0.05, 0.1) is 60.9 Å². The zero-order valence-corrected chi connectivity index (χ0v) is 85.6. The molecule has 0 saturated heterocycles. The molecule has 8 aromatic heterocycles. The number of nitrogens with zero attached hydrogens (tertiary/aromatic N) is 19. The maximum Gasteiger partial charge on any atom is 0.248 e. The lowest BCUT2D eigenvalue weighted by molar-refractivity contribution is 0.876. The van der Waals surface area contributed by atoms with Gasteiger partial charge >= 0.3 is 0 Å². The maximum atomic E-state index is 6.02. The molecule has 0 unspecified atom stereocenters. The highest BCUT2D eigenvalue weighted by Gasteiger charge is 2.14. The van der Waals surface area contributed by atoms with E-state index in [-0.39, 0.29) is 11.9 Å². The fourth-order valence-corrected chi connectivity index (χ4v) is 13.1. The molecule has 40 nitrogen and oxygen atoms in total. The Hall–Kier alpha value is -12.6. The van der Waals surface area contributed by atoms with Gasteiger partial charge in [0.1, 0.15) is 0 Å². The summed E-state index contributed by atoms with van der Waals surface area (Å²) in [5.74, 6) is 8.35. The first-order chi connectivity index (χ1) is 66.0. The summed E-state index contributed by atoms with van der Waals surface area (Å²) >= 11 is 76.9. The summed E-state index contributed by atoms with van der Waals surface area (Å²) in [4.78, 5) is 38.5. The molecule has 0 aliphatic rings. The van der Waals surface area contributed by atoms with E-state index in [1.807, 2.05) is 201 Å². The van der Waals surface area contributed by atoms with Gasteiger partial charge in [0, 0.05) is 109 Å². The van der Waals surface area contributed by atoms with Crippen LogP contribution in [0, 0.1) is 0 Å². The van der Waals surface area contributed by atoms with Crippen LogP contribution in [0.1, 0.15) is 61.1 Å². The van der Waals surface area contributed by atoms with Crippen LogP contribution in [0.5, 0.6) is 0 Å². The predicted molar refractivity (Wildman–Crippen MR) is 567 cm³/mol. The Balaban J connectivity index is 0.000000177. The van der Waals surface area contributed by atoms with Crippen molar-refractivity contribution in [2.24, 2.45) is 0 Å². The number of benzene rings is 8. The van der Waals surface area contributed by atoms with Crippen LogP contribution in [-0.4, -0.2) is 195 Å². The molecule has 0 bridgehead atoms. The number of hydrogen-bond acceptors (Lipinski definition) is 32. The molecule has 0 radical (unpaired) electrons. The first-order valence-electron chi connectivity index (χ1n) is 41.6. The molecular formula is C85H101Cl13N40. The summed E-state index contributed by atoms with van der Waals surface area (Å²) in [7, 11) is 11.3. The lowest BCUT2D eigenvalue weighted by atomic mass is 10.1. The molecule has 732 valence electrons. The topological polar surface area (TPSA) is 541 Å². The Morgan fingerprint density at radius 3 is 1.04 bits per heavy atom. The number of halogens is 13. The van der Waals surface area contributed by atoms with Crippen LogP contribution in [0.4, 0.5) is 107 Å². The van der Waals surface area contributed by atoms with Crippen molar-refractivity contribution in [3.63, 3.8) is 0 Å². The first kappa shape index (κ1) is 109. The number of H-pyrrole nitrogens is 8. The third kappa shape index (κ3) is 38.8. The van der Waals surface area contributed by atoms with E-state index in [9.17, 15) is 0 Å². The van der Waals surface area contributed by atoms with Crippen LogP contribution in [0.25, 0.3) is 0 Å². The molecule has 8 aromatic carbocycles. The van der Waals surface area contributed by atoms with Gasteiger partial charge in [-0.3, -0.25) is 0 Å². The molecule has 0 fully saturated rings. The average Bonchev–Trinajstić information content (AvgIpc) is 1.77. The van der Waals surface area contributed by atoms with Crippen molar-refractivity contribution in [3.05, 3.63) is 262 Å². The zero-order chi connectivity index (χ0) is 99.7. The van der Waals surface area contributed by atoms with Crippen molar-refractivity contribution < 1.29 is 0 Å². The Morgan fingerprint density at radius 2 is 0.616 bits per heavy atom. The molecule has 16 rings (SSSR count). The third-order valence-corrected chi connectivity index (χ3v) is 22.3. The van der Waals surface area contributed by atoms with Crippen LogP contribution in [-0.2, 0) is 38.9 Å². The lowest BCUT2D eigenvalue weighted by Gasteiger charge is -2.05. The summed E-state index contributed by atoms with van der Waals surface area (Å²) < 4.78 is 0. The number of aromatic nitrogens is 24. The minimum Gasteiger partial charge on any atom is -0.368 e. The monoisotopic (exact) mass is 2140 g/mol. The highest BCUT2D eigenvalue weighted by molar-refractivity contribution is 6.44. The van der Waals surface area contributed by atoms with Gasteiger partial charge in [-0.2, -0.15) is 39.9 Å². The third-order valence-electron chi connectivity index (χ3n) is 17.5. The SMILES string of the molecule is CC(C)Nc1nc(NCCc2ccc(Cl)c(Cl)c2)n[nH]1.CC(C)Nc1nc(NCc2ccc(Cl)c(Cl)c2)n[nH]1.CN(C)c1n[nH]c(NCCc2ccc(Cl)c(Cl)c2)n1.CN(C)c1n[nH]c(NCc2ccc(Cl)c(Cl)c2)n1.CN(C)c1n[nH]c(Nc2ccc(Cl)c(Cl)c2)n1.Nc1nc(NCCc2ccccc2Cl)n[nH]1.Nc1nc(NCc2ccccc2Cl)n[nH]1.Nc1nc(Nc2ccccc2Cl)n[nH]1. The molecule has 16 aromatic rings. The minimum atomic E-state index is 0.263. The van der Waals surface area contributed by atoms with Crippen LogP contribution in [0.2, 0.25) is 65.3 Å². The Bertz CT molecular complexity index is 6350. The van der Waals surface area contributed by atoms with Crippen molar-refractivity contribution in [2.75, 3.05) is 147 Å². The second-order valence-electron chi connectivity index (χ2n) is 30.0. The van der Waals surface area contributed by atoms with E-state index in [4.69, 9.17) is 168 Å². The lowest BCUT2D eigenvalue weighted by Crippen LogP contribution is -2.11. The fourth-order valence-electron chi connectivity index (χ4n) is 10.9. The largest absolute Gasteiger partial charge is 0.368 e. The maximum absolute atomic E-state index is 6.02. The highest BCUT2D eigenvalue weighted by Crippen LogP contribution is 2.31. The Kier molecular flexibility index (Phi) is 44.6. The molecule has 0 amide bonds. The van der Waals surface area contributed by atoms with E-state index < -0.39 is 0 Å². The summed E-state index contributed by atoms with van der Waals surface area (Å²) in [5.41, 5.74) is 24.0. The first-order valence-corrected chi connectivity index (χ1v) is 46.5. The molecule has 0 aliphatic heterocycles. The molecule has 0 atom stereocenters. The fraction of sp³-hybridized carbons (Fsp3) is 0.247. The number of hydrogen-bond donors (Lipinski definition) is 21. The Labute approximate surface area is 860 Å². The van der Waals surface area contributed by atoms with Gasteiger partial charge < -0.3 is 85.1 Å². The van der Waals surface area contributed by atoms with E-state index in [2.05, 4.69) is 175 Å². The van der Waals surface area contributed by atoms with Gasteiger partial charge in [-0.05, 0) is 171 Å². The van der Waals surface area contributed by atoms with Gasteiger partial charge in [0.25, 0.3) is 0 Å². The van der Waals surface area contributed by atoms with Crippen LogP contribution < -0.4 is 85.1 Å². The molecule has 0 saturated carbocycles. The normalized spacial score (nSPS) is 10.5. The van der Waals surface area contributed by atoms with E-state index in [1.54, 1.807) is 47.4 Å². The molecular weight excluding hydrogens is 2040 g/mol. The van der Waals surface area contributed by atoms with Gasteiger partial charge in [0.2, 0.25) is 95.2 Å². The second-order valence-corrected chi connectivity index (χ2v) is 35.3. The van der Waals surface area contributed by atoms with Crippen LogP contribution in [0.3, 0.4) is 0 Å². The van der Waals surface area contributed by atoms with E-state index in [0.717, 1.165) is 82.1 Å². The molecule has 53 heteroatoms. The zero-order valence-electron chi connectivity index (χ0n) is 75.7. The minimum absolute atomic E-state index is 0.263. The van der Waals surface area contributed by atoms with Gasteiger partial charge in [0.15, 0.2) is 0 Å². The van der Waals surface area contributed by atoms with Crippen molar-refractivity contribution >= 4 is 257 Å². The number of anilines is 18. The predicted octanol–water partition coefficient (Wildman–Crippen LogP) is 20.8. The molecule has 8 heterocycles. The van der Waals surface area contributed by atoms with Crippen molar-refractivity contribution in [2.45, 2.75) is 78.7 Å². The van der Waals surface area contributed by atoms with E-state index in [0.29, 0.717) is 182 Å². The van der Waals surface area contributed by atoms with Gasteiger partial charge in [-0.1, -0.05) is 224 Å². The number of nitrogens with one attached hydrogen (secondary N) is 18. The van der Waals surface area contributed by atoms with Gasteiger partial charge in [-0.25, -0.2) is 40.8 Å². The number of rotatable bonds is 32. The van der Waals surface area contributed by atoms with Crippen molar-refractivity contribution in [1.29, 1.82) is 0 Å². The highest BCUT2D eigenvalue weighted by atomic mass is 35.5. The summed E-state index contributed by atoms with van der Waals surface area (Å²) in [5, 5.41) is 91.9. The molecule has 0 aliphatic carbocycles. The summed E-state index contributed by atoms with van der Waals surface area (Å²) in [6.07, 6.45) is 2.46. The number of nitrogen functional groups attached to an aromatic ring is 3. The van der Waals surface area contributed by atoms with Crippen molar-refractivity contribution in [3.8, 4) is 0 Å². The molecule has 138 heavy (non-hydrogen) atoms. The summed E-state index contributed by atoms with van der Waals surface area (Å²) in [6, 6.07) is 50.8. The van der Waals surface area contributed by atoms with E-state index >= 15 is 0 Å². The van der Waals surface area contributed by atoms with E-state index in [1.165, 1.54) is 0 Å².